The van der Waals surface area contributed by atoms with E-state index in [-0.39, 0.29) is 0 Å². The second kappa shape index (κ2) is 4.31. The first-order chi connectivity index (χ1) is 7.19. The van der Waals surface area contributed by atoms with Crippen molar-refractivity contribution in [3.05, 3.63) is 28.0 Å². The van der Waals surface area contributed by atoms with Crippen molar-refractivity contribution in [3.8, 4) is 0 Å². The molecule has 0 amide bonds. The van der Waals surface area contributed by atoms with Crippen LogP contribution in [0.15, 0.2) is 21.8 Å². The zero-order valence-corrected chi connectivity index (χ0v) is 10.2. The fourth-order valence-corrected chi connectivity index (χ4v) is 2.24. The summed E-state index contributed by atoms with van der Waals surface area (Å²) in [7, 11) is 0. The first kappa shape index (κ1) is 10.6. The van der Waals surface area contributed by atoms with E-state index in [1.807, 2.05) is 19.1 Å². The van der Waals surface area contributed by atoms with E-state index < -0.39 is 0 Å². The Balaban J connectivity index is 2.15. The molecule has 1 saturated carbocycles. The summed E-state index contributed by atoms with van der Waals surface area (Å²) in [6.45, 7) is 1.96. The van der Waals surface area contributed by atoms with Crippen molar-refractivity contribution in [1.29, 1.82) is 0 Å². The highest BCUT2D eigenvalue weighted by Crippen LogP contribution is 2.31. The highest BCUT2D eigenvalue weighted by molar-refractivity contribution is 9.10. The summed E-state index contributed by atoms with van der Waals surface area (Å²) in [5, 5.41) is 12.3. The minimum Gasteiger partial charge on any atom is -0.411 e. The van der Waals surface area contributed by atoms with Crippen LogP contribution in [0.1, 0.15) is 24.2 Å². The van der Waals surface area contributed by atoms with Gasteiger partial charge in [-0.1, -0.05) is 21.1 Å². The molecule has 1 aliphatic carbocycles. The van der Waals surface area contributed by atoms with Crippen LogP contribution in [0.4, 0.5) is 0 Å². The molecule has 0 unspecified atom stereocenters. The predicted octanol–water partition coefficient (Wildman–Crippen LogP) is 2.94. The highest BCUT2D eigenvalue weighted by Gasteiger charge is 2.28. The van der Waals surface area contributed by atoms with Gasteiger partial charge < -0.3 is 5.21 Å². The summed E-state index contributed by atoms with van der Waals surface area (Å²) in [6.07, 6.45) is 2.94. The largest absolute Gasteiger partial charge is 0.411 e. The summed E-state index contributed by atoms with van der Waals surface area (Å²) >= 11 is 3.44. The Kier molecular flexibility index (Phi) is 3.05. The molecule has 4 heteroatoms. The molecule has 2 rings (SSSR count). The molecule has 15 heavy (non-hydrogen) atoms. The number of hydrogen-bond acceptors (Lipinski definition) is 3. The standard InChI is InChI=1S/C11H13BrN2O/c1-7-4-9(12)5-10(13-7)6-11(14-15)8-2-3-8/h4-5,8,15H,2-3,6H2,1H3/b14-11-. The minimum absolute atomic E-state index is 0.482. The summed E-state index contributed by atoms with van der Waals surface area (Å²) in [6, 6.07) is 3.94. The predicted molar refractivity (Wildman–Crippen MR) is 62.3 cm³/mol. The van der Waals surface area contributed by atoms with Crippen molar-refractivity contribution in [2.24, 2.45) is 11.1 Å². The van der Waals surface area contributed by atoms with Gasteiger partial charge >= 0.3 is 0 Å². The van der Waals surface area contributed by atoms with Gasteiger partial charge in [-0.25, -0.2) is 0 Å². The Morgan fingerprint density at radius 2 is 2.33 bits per heavy atom. The minimum atomic E-state index is 0.482. The molecule has 0 aliphatic heterocycles. The van der Waals surface area contributed by atoms with Crippen LogP contribution in [0.25, 0.3) is 0 Å². The number of aryl methyl sites for hydroxylation is 1. The van der Waals surface area contributed by atoms with Crippen LogP contribution in [0.3, 0.4) is 0 Å². The van der Waals surface area contributed by atoms with Crippen LogP contribution in [-0.2, 0) is 6.42 Å². The molecule has 1 fully saturated rings. The number of nitrogens with zero attached hydrogens (tertiary/aromatic N) is 2. The van der Waals surface area contributed by atoms with Gasteiger partial charge in [-0.15, -0.1) is 0 Å². The zero-order valence-electron chi connectivity index (χ0n) is 8.57. The molecule has 1 aliphatic rings. The fraction of sp³-hybridized carbons (Fsp3) is 0.455. The Hall–Kier alpha value is -0.900. The van der Waals surface area contributed by atoms with Crippen LogP contribution in [-0.4, -0.2) is 15.9 Å². The van der Waals surface area contributed by atoms with Gasteiger partial charge in [0, 0.05) is 28.2 Å². The molecule has 3 nitrogen and oxygen atoms in total. The number of halogens is 1. The second-order valence-electron chi connectivity index (χ2n) is 3.96. The lowest BCUT2D eigenvalue weighted by molar-refractivity contribution is 0.316. The van der Waals surface area contributed by atoms with Gasteiger partial charge in [0.15, 0.2) is 0 Å². The van der Waals surface area contributed by atoms with Crippen LogP contribution < -0.4 is 0 Å². The average Bonchev–Trinajstić information content (AvgIpc) is 2.95. The summed E-state index contributed by atoms with van der Waals surface area (Å²) in [4.78, 5) is 4.41. The Morgan fingerprint density at radius 3 is 2.87 bits per heavy atom. The van der Waals surface area contributed by atoms with Gasteiger partial charge in [0.25, 0.3) is 0 Å². The monoisotopic (exact) mass is 268 g/mol. The lowest BCUT2D eigenvalue weighted by Crippen LogP contribution is -2.07. The van der Waals surface area contributed by atoms with Crippen molar-refractivity contribution in [2.75, 3.05) is 0 Å². The van der Waals surface area contributed by atoms with Crippen LogP contribution in [0, 0.1) is 12.8 Å². The molecule has 0 spiro atoms. The van der Waals surface area contributed by atoms with Crippen molar-refractivity contribution < 1.29 is 5.21 Å². The zero-order chi connectivity index (χ0) is 10.8. The summed E-state index contributed by atoms with van der Waals surface area (Å²) < 4.78 is 1.03. The highest BCUT2D eigenvalue weighted by atomic mass is 79.9. The number of pyridine rings is 1. The lowest BCUT2D eigenvalue weighted by atomic mass is 10.1. The van der Waals surface area contributed by atoms with Gasteiger partial charge in [-0.05, 0) is 31.9 Å². The SMILES string of the molecule is Cc1cc(Br)cc(C/C(=N/O)C2CC2)n1. The molecule has 0 saturated heterocycles. The molecule has 80 valence electrons. The van der Waals surface area contributed by atoms with Gasteiger partial charge in [-0.3, -0.25) is 4.98 Å². The Bertz CT molecular complexity index is 379. The number of hydrogen-bond donors (Lipinski definition) is 1. The van der Waals surface area contributed by atoms with Crippen LogP contribution in [0.5, 0.6) is 0 Å². The molecule has 1 aromatic heterocycles. The van der Waals surface area contributed by atoms with Gasteiger partial charge in [0.1, 0.15) is 0 Å². The lowest BCUT2D eigenvalue weighted by Gasteiger charge is -2.04. The normalized spacial score (nSPS) is 16.8. The van der Waals surface area contributed by atoms with Crippen molar-refractivity contribution in [1.82, 2.24) is 4.98 Å². The van der Waals surface area contributed by atoms with E-state index in [9.17, 15) is 0 Å². The molecule has 0 radical (unpaired) electrons. The van der Waals surface area contributed by atoms with Crippen LogP contribution in [0.2, 0.25) is 0 Å². The fourth-order valence-electron chi connectivity index (χ4n) is 1.65. The van der Waals surface area contributed by atoms with Crippen molar-refractivity contribution in [2.45, 2.75) is 26.2 Å². The topological polar surface area (TPSA) is 45.5 Å². The maximum atomic E-state index is 8.88. The maximum absolute atomic E-state index is 8.88. The smallest absolute Gasteiger partial charge is 0.0661 e. The van der Waals surface area contributed by atoms with E-state index in [1.165, 1.54) is 0 Å². The molecule has 0 atom stereocenters. The van der Waals surface area contributed by atoms with E-state index in [0.29, 0.717) is 12.3 Å². The van der Waals surface area contributed by atoms with E-state index >= 15 is 0 Å². The number of rotatable bonds is 3. The average molecular weight is 269 g/mol. The quantitative estimate of drug-likeness (QED) is 0.521. The molecule has 0 bridgehead atoms. The number of aromatic nitrogens is 1. The van der Waals surface area contributed by atoms with E-state index in [0.717, 1.165) is 34.4 Å². The third-order valence-electron chi connectivity index (χ3n) is 2.51. The molecule has 1 N–H and O–H groups in total. The Morgan fingerprint density at radius 1 is 1.60 bits per heavy atom. The summed E-state index contributed by atoms with van der Waals surface area (Å²) in [5.74, 6) is 0.482. The summed E-state index contributed by atoms with van der Waals surface area (Å²) in [5.41, 5.74) is 2.80. The second-order valence-corrected chi connectivity index (χ2v) is 4.88. The third kappa shape index (κ3) is 2.78. The first-order valence-corrected chi connectivity index (χ1v) is 5.82. The van der Waals surface area contributed by atoms with Crippen LogP contribution >= 0.6 is 15.9 Å². The molecule has 1 heterocycles. The Labute approximate surface area is 97.3 Å². The van der Waals surface area contributed by atoms with E-state index in [2.05, 4.69) is 26.1 Å². The van der Waals surface area contributed by atoms with E-state index in [1.54, 1.807) is 0 Å². The molecule has 0 aromatic carbocycles. The van der Waals surface area contributed by atoms with Gasteiger partial charge in [0.05, 0.1) is 5.71 Å². The molecule has 1 aromatic rings. The third-order valence-corrected chi connectivity index (χ3v) is 2.97. The van der Waals surface area contributed by atoms with E-state index in [4.69, 9.17) is 5.21 Å². The first-order valence-electron chi connectivity index (χ1n) is 5.03. The molecular formula is C11H13BrN2O. The van der Waals surface area contributed by atoms with Crippen molar-refractivity contribution in [3.63, 3.8) is 0 Å². The maximum Gasteiger partial charge on any atom is 0.0661 e. The van der Waals surface area contributed by atoms with Gasteiger partial charge in [-0.2, -0.15) is 0 Å². The number of oxime groups is 1. The van der Waals surface area contributed by atoms with Gasteiger partial charge in [0.2, 0.25) is 0 Å². The molecular weight excluding hydrogens is 256 g/mol. The van der Waals surface area contributed by atoms with Crippen molar-refractivity contribution >= 4 is 21.6 Å².